The molecule has 1 unspecified atom stereocenters. The first-order valence-corrected chi connectivity index (χ1v) is 6.30. The van der Waals surface area contributed by atoms with E-state index in [9.17, 15) is 9.59 Å². The highest BCUT2D eigenvalue weighted by Crippen LogP contribution is 2.32. The second kappa shape index (κ2) is 6.36. The van der Waals surface area contributed by atoms with Gasteiger partial charge in [-0.05, 0) is 40.8 Å². The number of aromatic amines is 1. The highest BCUT2D eigenvalue weighted by Gasteiger charge is 2.31. The highest BCUT2D eigenvalue weighted by molar-refractivity contribution is 9.10. The van der Waals surface area contributed by atoms with Crippen LogP contribution in [-0.4, -0.2) is 23.5 Å². The predicted octanol–water partition coefficient (Wildman–Crippen LogP) is 1.03. The van der Waals surface area contributed by atoms with Gasteiger partial charge in [0.2, 0.25) is 0 Å². The summed E-state index contributed by atoms with van der Waals surface area (Å²) in [5.74, 6) is 0.305. The van der Waals surface area contributed by atoms with Crippen molar-refractivity contribution in [2.75, 3.05) is 6.54 Å². The largest absolute Gasteiger partial charge is 0.348 e. The molecule has 1 aromatic rings. The fraction of sp³-hybridized carbons (Fsp3) is 0.455. The van der Waals surface area contributed by atoms with E-state index in [1.807, 2.05) is 0 Å². The standard InChI is InChI=1S/C11H14BrN3O2.ClH/c12-8-3-7(5-14-11(8)17)10(16)15-9(4-13)6-1-2-6;/h3,5-6,9H,1-2,4,13H2,(H,14,17)(H,15,16);1H. The van der Waals surface area contributed by atoms with E-state index in [0.717, 1.165) is 12.8 Å². The van der Waals surface area contributed by atoms with Crippen molar-refractivity contribution in [2.24, 2.45) is 11.7 Å². The Morgan fingerprint density at radius 2 is 2.28 bits per heavy atom. The molecule has 1 aromatic heterocycles. The van der Waals surface area contributed by atoms with Crippen LogP contribution in [-0.2, 0) is 0 Å². The van der Waals surface area contributed by atoms with Crippen molar-refractivity contribution < 1.29 is 4.79 Å². The Kier molecular flexibility index (Phi) is 5.37. The fourth-order valence-electron chi connectivity index (χ4n) is 1.71. The molecule has 1 atom stereocenters. The maximum Gasteiger partial charge on any atom is 0.262 e. The number of aromatic nitrogens is 1. The second-order valence-electron chi connectivity index (χ2n) is 4.22. The van der Waals surface area contributed by atoms with Crippen molar-refractivity contribution in [3.63, 3.8) is 0 Å². The fourth-order valence-corrected chi connectivity index (χ4v) is 2.07. The van der Waals surface area contributed by atoms with Gasteiger partial charge < -0.3 is 16.0 Å². The minimum absolute atomic E-state index is 0. The summed E-state index contributed by atoms with van der Waals surface area (Å²) < 4.78 is 0.348. The van der Waals surface area contributed by atoms with E-state index in [1.54, 1.807) is 0 Å². The SMILES string of the molecule is Cl.NCC(NC(=O)c1c[nH]c(=O)c(Br)c1)C1CC1. The van der Waals surface area contributed by atoms with Gasteiger partial charge in [0.05, 0.1) is 10.0 Å². The quantitative estimate of drug-likeness (QED) is 0.767. The lowest BCUT2D eigenvalue weighted by molar-refractivity contribution is 0.0933. The summed E-state index contributed by atoms with van der Waals surface area (Å²) in [6.45, 7) is 0.445. The first-order chi connectivity index (χ1) is 8.11. The number of halogens is 2. The number of nitrogens with one attached hydrogen (secondary N) is 2. The van der Waals surface area contributed by atoms with E-state index in [0.29, 0.717) is 22.5 Å². The maximum atomic E-state index is 11.9. The third kappa shape index (κ3) is 3.57. The molecule has 0 radical (unpaired) electrons. The monoisotopic (exact) mass is 335 g/mol. The lowest BCUT2D eigenvalue weighted by Gasteiger charge is -2.15. The molecular formula is C11H15BrClN3O2. The molecule has 0 aromatic carbocycles. The minimum Gasteiger partial charge on any atom is -0.348 e. The Labute approximate surface area is 119 Å². The van der Waals surface area contributed by atoms with Gasteiger partial charge in [-0.3, -0.25) is 9.59 Å². The summed E-state index contributed by atoms with van der Waals surface area (Å²) in [5.41, 5.74) is 5.79. The molecule has 4 N–H and O–H groups in total. The molecule has 1 saturated carbocycles. The van der Waals surface area contributed by atoms with E-state index in [4.69, 9.17) is 5.73 Å². The van der Waals surface area contributed by atoms with Crippen LogP contribution in [0.1, 0.15) is 23.2 Å². The Bertz CT molecular complexity index is 487. The number of H-pyrrole nitrogens is 1. The van der Waals surface area contributed by atoms with Crippen molar-refractivity contribution in [1.82, 2.24) is 10.3 Å². The number of amides is 1. The second-order valence-corrected chi connectivity index (χ2v) is 5.07. The maximum absolute atomic E-state index is 11.9. The van der Waals surface area contributed by atoms with Crippen LogP contribution in [0.4, 0.5) is 0 Å². The molecular weight excluding hydrogens is 321 g/mol. The summed E-state index contributed by atoms with van der Waals surface area (Å²) in [6, 6.07) is 1.54. The van der Waals surface area contributed by atoms with Gasteiger partial charge in [-0.25, -0.2) is 0 Å². The number of carbonyl (C=O) groups is 1. The molecule has 100 valence electrons. The van der Waals surface area contributed by atoms with E-state index < -0.39 is 0 Å². The molecule has 7 heteroatoms. The highest BCUT2D eigenvalue weighted by atomic mass is 79.9. The smallest absolute Gasteiger partial charge is 0.262 e. The van der Waals surface area contributed by atoms with E-state index in [-0.39, 0.29) is 29.9 Å². The van der Waals surface area contributed by atoms with Crippen molar-refractivity contribution in [3.8, 4) is 0 Å². The molecule has 5 nitrogen and oxygen atoms in total. The number of carbonyl (C=O) groups excluding carboxylic acids is 1. The van der Waals surface area contributed by atoms with Crippen LogP contribution in [0.3, 0.4) is 0 Å². The Morgan fingerprint density at radius 1 is 1.61 bits per heavy atom. The molecule has 18 heavy (non-hydrogen) atoms. The summed E-state index contributed by atoms with van der Waals surface area (Å²) in [5, 5.41) is 2.88. The normalized spacial score (nSPS) is 15.7. The lowest BCUT2D eigenvalue weighted by atomic mass is 10.1. The van der Waals surface area contributed by atoms with Gasteiger partial charge in [0.25, 0.3) is 11.5 Å². The Balaban J connectivity index is 0.00000162. The van der Waals surface area contributed by atoms with E-state index >= 15 is 0 Å². The van der Waals surface area contributed by atoms with Crippen LogP contribution in [0, 0.1) is 5.92 Å². The summed E-state index contributed by atoms with van der Waals surface area (Å²) in [6.07, 6.45) is 3.65. The zero-order chi connectivity index (χ0) is 12.4. The molecule has 1 aliphatic rings. The van der Waals surface area contributed by atoms with Crippen LogP contribution < -0.4 is 16.6 Å². The van der Waals surface area contributed by atoms with Crippen LogP contribution in [0.25, 0.3) is 0 Å². The summed E-state index contributed by atoms with van der Waals surface area (Å²) in [4.78, 5) is 25.5. The van der Waals surface area contributed by atoms with E-state index in [1.165, 1.54) is 12.3 Å². The van der Waals surface area contributed by atoms with Gasteiger partial charge in [-0.15, -0.1) is 12.4 Å². The number of hydrogen-bond donors (Lipinski definition) is 3. The minimum atomic E-state index is -0.251. The van der Waals surface area contributed by atoms with Gasteiger partial charge in [0.1, 0.15) is 0 Å². The lowest BCUT2D eigenvalue weighted by Crippen LogP contribution is -2.41. The average Bonchev–Trinajstić information content (AvgIpc) is 3.13. The third-order valence-corrected chi connectivity index (χ3v) is 3.47. The first kappa shape index (κ1) is 15.2. The molecule has 1 aliphatic carbocycles. The molecule has 0 spiro atoms. The third-order valence-electron chi connectivity index (χ3n) is 2.88. The zero-order valence-corrected chi connectivity index (χ0v) is 12.0. The van der Waals surface area contributed by atoms with Gasteiger partial charge >= 0.3 is 0 Å². The average molecular weight is 337 g/mol. The molecule has 0 aliphatic heterocycles. The Morgan fingerprint density at radius 3 is 2.78 bits per heavy atom. The van der Waals surface area contributed by atoms with Crippen LogP contribution in [0.5, 0.6) is 0 Å². The summed E-state index contributed by atoms with van der Waals surface area (Å²) >= 11 is 3.09. The van der Waals surface area contributed by atoms with Gasteiger partial charge in [0.15, 0.2) is 0 Å². The van der Waals surface area contributed by atoms with Gasteiger partial charge in [-0.2, -0.15) is 0 Å². The zero-order valence-electron chi connectivity index (χ0n) is 9.61. The van der Waals surface area contributed by atoms with E-state index in [2.05, 4.69) is 26.2 Å². The number of rotatable bonds is 4. The molecule has 0 saturated heterocycles. The van der Waals surface area contributed by atoms with Gasteiger partial charge in [-0.1, -0.05) is 0 Å². The van der Waals surface area contributed by atoms with Crippen LogP contribution >= 0.6 is 28.3 Å². The van der Waals surface area contributed by atoms with Crippen molar-refractivity contribution in [3.05, 3.63) is 32.7 Å². The van der Waals surface area contributed by atoms with Crippen molar-refractivity contribution >= 4 is 34.2 Å². The molecule has 1 amide bonds. The number of nitrogens with two attached hydrogens (primary N) is 1. The molecule has 1 heterocycles. The predicted molar refractivity (Wildman–Crippen MR) is 75.0 cm³/mol. The number of pyridine rings is 1. The number of hydrogen-bond acceptors (Lipinski definition) is 3. The molecule has 1 fully saturated rings. The Hall–Kier alpha value is -0.850. The van der Waals surface area contributed by atoms with Gasteiger partial charge in [0, 0.05) is 18.8 Å². The first-order valence-electron chi connectivity index (χ1n) is 5.51. The molecule has 0 bridgehead atoms. The summed E-state index contributed by atoms with van der Waals surface area (Å²) in [7, 11) is 0. The van der Waals surface area contributed by atoms with Crippen LogP contribution in [0.15, 0.2) is 21.5 Å². The molecule has 2 rings (SSSR count). The van der Waals surface area contributed by atoms with Crippen molar-refractivity contribution in [2.45, 2.75) is 18.9 Å². The van der Waals surface area contributed by atoms with Crippen LogP contribution in [0.2, 0.25) is 0 Å². The topological polar surface area (TPSA) is 88.0 Å². The van der Waals surface area contributed by atoms with Crippen molar-refractivity contribution in [1.29, 1.82) is 0 Å².